The third-order valence-corrected chi connectivity index (χ3v) is 25.9. The average Bonchev–Trinajstić information content (AvgIpc) is 1.75. The van der Waals surface area contributed by atoms with E-state index in [1.54, 1.807) is 31.1 Å². The van der Waals surface area contributed by atoms with E-state index in [4.69, 9.17) is 28.4 Å². The SMILES string of the molecule is COc1ccc(C(C)C)cc1-c1ccc(C(F)(F)F)cc1CN1C(=O)OC[C@@H]1Cc1ccccc1.COc1ccc(C(C)C)cc1-c1ccc(C(F)(F)F)cc1CN1C(=O)O[C@H](c2ccc(F)cc2)[C@@H]1C.COc1ccc(C(C)C)cc1-c1ccc(C(F)(F)F)cc1CN1CC(c2ccc(F)c(F)c2)CC1=O.COc1ccc(C(C)C)cc1-c1ccc(C(F)(F)F)cc1CN1CC(c2ccccc2)CC1=O. The monoisotopic (exact) mass is 1950 g/mol. The van der Waals surface area contributed by atoms with E-state index in [1.807, 2.05) is 163 Å². The summed E-state index contributed by atoms with van der Waals surface area (Å²) < 4.78 is 237. The minimum atomic E-state index is -4.56. The number of hydrogen-bond acceptors (Lipinski definition) is 10. The van der Waals surface area contributed by atoms with Crippen molar-refractivity contribution < 1.29 is 113 Å². The number of benzene rings is 12. The summed E-state index contributed by atoms with van der Waals surface area (Å²) in [5, 5.41) is 0. The number of halogens is 15. The minimum Gasteiger partial charge on any atom is -0.496 e. The fraction of sp³-hybridized carbons (Fsp3) is 0.321. The van der Waals surface area contributed by atoms with Crippen molar-refractivity contribution in [2.45, 2.75) is 186 Å². The molecular weight excluding hydrogens is 1850 g/mol. The first kappa shape index (κ1) is 105. The van der Waals surface area contributed by atoms with Gasteiger partial charge in [0.1, 0.15) is 41.5 Å². The summed E-state index contributed by atoms with van der Waals surface area (Å²) in [7, 11) is 6.08. The number of rotatable bonds is 25. The number of carbonyl (C=O) groups is 4. The molecule has 742 valence electrons. The lowest BCUT2D eigenvalue weighted by Gasteiger charge is -2.24. The Morgan fingerprint density at radius 1 is 0.348 bits per heavy atom. The van der Waals surface area contributed by atoms with E-state index in [0.29, 0.717) is 115 Å². The van der Waals surface area contributed by atoms with Gasteiger partial charge in [0.2, 0.25) is 11.8 Å². The van der Waals surface area contributed by atoms with Gasteiger partial charge in [0, 0.05) is 73.1 Å². The lowest BCUT2D eigenvalue weighted by Crippen LogP contribution is -2.34. The number of hydrogen-bond donors (Lipinski definition) is 0. The van der Waals surface area contributed by atoms with Gasteiger partial charge < -0.3 is 38.2 Å². The summed E-state index contributed by atoms with van der Waals surface area (Å²) in [6.07, 6.45) is -19.0. The van der Waals surface area contributed by atoms with Gasteiger partial charge in [-0.05, 0) is 247 Å². The smallest absolute Gasteiger partial charge is 0.416 e. The summed E-state index contributed by atoms with van der Waals surface area (Å²) in [4.78, 5) is 57.1. The second-order valence-corrected chi connectivity index (χ2v) is 36.6. The van der Waals surface area contributed by atoms with Crippen LogP contribution in [0.25, 0.3) is 44.5 Å². The maximum atomic E-state index is 13.7. The Hall–Kier alpha value is -13.7. The largest absolute Gasteiger partial charge is 0.496 e. The maximum absolute atomic E-state index is 13.7. The van der Waals surface area contributed by atoms with Crippen molar-refractivity contribution in [2.75, 3.05) is 48.1 Å². The van der Waals surface area contributed by atoms with E-state index >= 15 is 0 Å². The molecule has 2 unspecified atom stereocenters. The van der Waals surface area contributed by atoms with Crippen molar-refractivity contribution in [2.24, 2.45) is 0 Å². The summed E-state index contributed by atoms with van der Waals surface area (Å²) in [6, 6.07) is 64.9. The Balaban J connectivity index is 0.000000158. The molecule has 4 amide bonds. The first-order chi connectivity index (χ1) is 66.8. The molecule has 29 heteroatoms. The van der Waals surface area contributed by atoms with Crippen LogP contribution in [-0.2, 0) is 76.4 Å². The van der Waals surface area contributed by atoms with Crippen molar-refractivity contribution in [3.8, 4) is 67.5 Å². The lowest BCUT2D eigenvalue weighted by atomic mass is 9.92. The van der Waals surface area contributed by atoms with Gasteiger partial charge in [0.25, 0.3) is 0 Å². The number of amides is 4. The fourth-order valence-corrected chi connectivity index (χ4v) is 18.0. The van der Waals surface area contributed by atoms with E-state index in [9.17, 15) is 85.0 Å². The highest BCUT2D eigenvalue weighted by Crippen LogP contribution is 2.48. The zero-order valence-electron chi connectivity index (χ0n) is 80.0. The molecule has 141 heavy (non-hydrogen) atoms. The van der Waals surface area contributed by atoms with Gasteiger partial charge in [-0.25, -0.2) is 22.8 Å². The Bertz CT molecular complexity index is 6440. The van der Waals surface area contributed by atoms with E-state index in [2.05, 4.69) is 13.8 Å². The van der Waals surface area contributed by atoms with Gasteiger partial charge in [-0.15, -0.1) is 0 Å². The van der Waals surface area contributed by atoms with Crippen LogP contribution in [0.3, 0.4) is 0 Å². The number of methoxy groups -OCH3 is 4. The molecular formula is C112H109F15N4O10. The van der Waals surface area contributed by atoms with E-state index in [-0.39, 0.29) is 99.1 Å². The van der Waals surface area contributed by atoms with Crippen LogP contribution in [0.2, 0.25) is 0 Å². The van der Waals surface area contributed by atoms with Crippen LogP contribution in [0.1, 0.15) is 206 Å². The molecule has 0 aliphatic carbocycles. The standard InChI is InChI=1S/C28H26F5NO2.C28H27F4NO3.C28H28F3NO3.C28H28F3NO2/c1-16(2)17-5-9-26(36-3)23(11-17)22-7-6-21(28(31,32)33)10-20(22)15-34-14-19(13-27(34)35)18-4-8-24(29)25(30)12-18;1-16(2)19-7-12-25(35-4)24(14-19)23-11-8-21(28(30,31)32)13-20(23)15-33-17(3)26(36-27(33)34)18-5-9-22(29)10-6-18;1-18(2)20-9-12-26(34-3)25(15-20)24-11-10-22(28(29,30)31)14-21(24)16-32-23(17-35-27(32)33)13-19-7-5-4-6-8-19;1-18(2)20-9-12-26(34-3)25(14-20)24-11-10-23(28(29,30)31)13-22(24)17-32-16-21(15-27(32)33)19-7-5-4-6-8-19/h4-12,16,19H,13-15H2,1-3H3;5-14,16-17,26H,15H2,1-4H3;4-12,14-15,18,23H,13,16-17H2,1-3H3;4-14,18,21H,15-17H2,1-3H3/t;17-,26-;23-;/m.00./s1. The zero-order chi connectivity index (χ0) is 102. The predicted octanol–water partition coefficient (Wildman–Crippen LogP) is 29.1. The number of likely N-dealkylation sites (tertiary alicyclic amines) is 2. The van der Waals surface area contributed by atoms with Gasteiger partial charge in [-0.1, -0.05) is 183 Å². The third-order valence-electron chi connectivity index (χ3n) is 25.9. The molecule has 0 radical (unpaired) electrons. The fourth-order valence-electron chi connectivity index (χ4n) is 18.0. The second kappa shape index (κ2) is 44.4. The van der Waals surface area contributed by atoms with E-state index in [0.717, 1.165) is 93.5 Å². The van der Waals surface area contributed by atoms with Crippen LogP contribution in [0.4, 0.5) is 75.4 Å². The summed E-state index contributed by atoms with van der Waals surface area (Å²) >= 11 is 0. The Kier molecular flexibility index (Phi) is 32.9. The molecule has 0 aromatic heterocycles. The van der Waals surface area contributed by atoms with Gasteiger partial charge in [0.05, 0.1) is 75.9 Å². The van der Waals surface area contributed by atoms with Crippen molar-refractivity contribution in [1.82, 2.24) is 19.6 Å². The van der Waals surface area contributed by atoms with Crippen LogP contribution in [0.5, 0.6) is 23.0 Å². The molecule has 4 heterocycles. The molecule has 0 bridgehead atoms. The van der Waals surface area contributed by atoms with Crippen molar-refractivity contribution >= 4 is 24.0 Å². The first-order valence-corrected chi connectivity index (χ1v) is 46.1. The van der Waals surface area contributed by atoms with E-state index < -0.39 is 88.7 Å². The van der Waals surface area contributed by atoms with E-state index in [1.165, 1.54) is 96.7 Å². The number of ether oxygens (including phenoxy) is 6. The van der Waals surface area contributed by atoms with Gasteiger partial charge in [0.15, 0.2) is 11.6 Å². The molecule has 0 saturated carbocycles. The van der Waals surface area contributed by atoms with Gasteiger partial charge >= 0.3 is 36.9 Å². The second-order valence-electron chi connectivity index (χ2n) is 36.6. The molecule has 16 rings (SSSR count). The minimum absolute atomic E-state index is 0.00928. The summed E-state index contributed by atoms with van der Waals surface area (Å²) in [5.74, 6) is -0.0769. The number of carbonyl (C=O) groups excluding carboxylic acids is 4. The molecule has 0 spiro atoms. The Morgan fingerprint density at radius 3 is 1.04 bits per heavy atom. The van der Waals surface area contributed by atoms with Crippen molar-refractivity contribution in [3.05, 3.63) is 355 Å². The van der Waals surface area contributed by atoms with Gasteiger partial charge in [-0.3, -0.25) is 19.4 Å². The first-order valence-electron chi connectivity index (χ1n) is 46.1. The Labute approximate surface area is 810 Å². The molecule has 12 aromatic carbocycles. The number of alkyl halides is 12. The van der Waals surface area contributed by atoms with Crippen molar-refractivity contribution in [1.29, 1.82) is 0 Å². The summed E-state index contributed by atoms with van der Waals surface area (Å²) in [5.41, 5.74) is 10.6. The molecule has 5 atom stereocenters. The van der Waals surface area contributed by atoms with Crippen LogP contribution < -0.4 is 18.9 Å². The number of nitrogens with zero attached hydrogens (tertiary/aromatic N) is 4. The van der Waals surface area contributed by atoms with Crippen LogP contribution >= 0.6 is 0 Å². The quantitative estimate of drug-likeness (QED) is 0.0509. The van der Waals surface area contributed by atoms with Crippen LogP contribution in [0.15, 0.2) is 249 Å². The third kappa shape index (κ3) is 25.2. The topological polar surface area (TPSA) is 137 Å². The van der Waals surface area contributed by atoms with Crippen LogP contribution in [-0.4, -0.2) is 104 Å². The highest BCUT2D eigenvalue weighted by Gasteiger charge is 2.44. The Morgan fingerprint density at radius 2 is 0.688 bits per heavy atom. The van der Waals surface area contributed by atoms with Gasteiger partial charge in [-0.2, -0.15) is 52.7 Å². The molecule has 14 nitrogen and oxygen atoms in total. The molecule has 4 fully saturated rings. The molecule has 0 N–H and O–H groups in total. The van der Waals surface area contributed by atoms with Crippen LogP contribution in [0, 0.1) is 17.5 Å². The molecule has 12 aromatic rings. The average molecular weight is 1960 g/mol. The maximum Gasteiger partial charge on any atom is 0.416 e. The lowest BCUT2D eigenvalue weighted by molar-refractivity contribution is -0.138. The zero-order valence-corrected chi connectivity index (χ0v) is 80.0. The highest BCUT2D eigenvalue weighted by atomic mass is 19.4. The number of cyclic esters (lactones) is 2. The molecule has 4 saturated heterocycles. The molecule has 4 aliphatic rings. The summed E-state index contributed by atoms with van der Waals surface area (Å²) in [6.45, 7) is 18.8. The normalized spacial score (nSPS) is 16.7. The highest BCUT2D eigenvalue weighted by molar-refractivity contribution is 5.84. The molecule has 4 aliphatic heterocycles. The van der Waals surface area contributed by atoms with Crippen molar-refractivity contribution in [3.63, 3.8) is 0 Å². The predicted molar refractivity (Wildman–Crippen MR) is 510 cm³/mol.